The summed E-state index contributed by atoms with van der Waals surface area (Å²) in [5.41, 5.74) is 3.77. The number of aromatic nitrogens is 2. The standard InChI is InChI=1S/C23H28N2O/c1-3-17(2)18-11-13-20(14-12-18)26-16-6-15-25-22-8-5-4-7-21(22)24-23(25)19-9-10-19/h4-5,7-8,11-14,17,19H,3,6,9-10,15-16H2,1-2H3. The molecule has 0 bridgehead atoms. The van der Waals surface area contributed by atoms with E-state index in [0.29, 0.717) is 11.8 Å². The highest BCUT2D eigenvalue weighted by atomic mass is 16.5. The Balaban J connectivity index is 1.36. The Morgan fingerprint density at radius 1 is 1.12 bits per heavy atom. The highest BCUT2D eigenvalue weighted by Crippen LogP contribution is 2.40. The highest BCUT2D eigenvalue weighted by molar-refractivity contribution is 5.76. The second-order valence-corrected chi connectivity index (χ2v) is 7.46. The molecule has 26 heavy (non-hydrogen) atoms. The van der Waals surface area contributed by atoms with Gasteiger partial charge in [-0.25, -0.2) is 4.98 Å². The van der Waals surface area contributed by atoms with Gasteiger partial charge in [0.15, 0.2) is 0 Å². The Morgan fingerprint density at radius 2 is 1.88 bits per heavy atom. The van der Waals surface area contributed by atoms with Crippen LogP contribution >= 0.6 is 0 Å². The number of para-hydroxylation sites is 2. The maximum atomic E-state index is 5.97. The minimum atomic E-state index is 0.611. The SMILES string of the molecule is CCC(C)c1ccc(OCCCn2c(C3CC3)nc3ccccc32)cc1. The first kappa shape index (κ1) is 17.1. The number of benzene rings is 2. The first-order valence-corrected chi connectivity index (χ1v) is 9.94. The van der Waals surface area contributed by atoms with Crippen LogP contribution in [0.1, 0.15) is 62.8 Å². The first-order valence-electron chi connectivity index (χ1n) is 9.94. The topological polar surface area (TPSA) is 27.1 Å². The minimum Gasteiger partial charge on any atom is -0.494 e. The van der Waals surface area contributed by atoms with Gasteiger partial charge in [-0.1, -0.05) is 38.1 Å². The van der Waals surface area contributed by atoms with Crippen molar-refractivity contribution in [3.05, 3.63) is 59.9 Å². The maximum Gasteiger partial charge on any atom is 0.119 e. The molecule has 1 unspecified atom stereocenters. The predicted molar refractivity (Wildman–Crippen MR) is 107 cm³/mol. The molecule has 2 aromatic carbocycles. The fraction of sp³-hybridized carbons (Fsp3) is 0.435. The molecule has 0 saturated heterocycles. The zero-order valence-corrected chi connectivity index (χ0v) is 15.8. The molecule has 1 fully saturated rings. The largest absolute Gasteiger partial charge is 0.494 e. The highest BCUT2D eigenvalue weighted by Gasteiger charge is 2.29. The van der Waals surface area contributed by atoms with Gasteiger partial charge >= 0.3 is 0 Å². The summed E-state index contributed by atoms with van der Waals surface area (Å²) in [6.07, 6.45) is 4.72. The van der Waals surface area contributed by atoms with Crippen molar-refractivity contribution in [3.8, 4) is 5.75 Å². The second kappa shape index (κ2) is 7.53. The molecule has 3 heteroatoms. The van der Waals surface area contributed by atoms with E-state index in [-0.39, 0.29) is 0 Å². The van der Waals surface area contributed by atoms with Gasteiger partial charge in [-0.05, 0) is 61.4 Å². The van der Waals surface area contributed by atoms with Gasteiger partial charge in [-0.2, -0.15) is 0 Å². The molecule has 1 aliphatic rings. The van der Waals surface area contributed by atoms with E-state index in [1.54, 1.807) is 0 Å². The van der Waals surface area contributed by atoms with Crippen LogP contribution in [0.2, 0.25) is 0 Å². The van der Waals surface area contributed by atoms with Crippen molar-refractivity contribution in [3.63, 3.8) is 0 Å². The number of rotatable bonds is 8. The van der Waals surface area contributed by atoms with E-state index in [1.807, 2.05) is 0 Å². The quantitative estimate of drug-likeness (QED) is 0.474. The molecule has 4 rings (SSSR count). The lowest BCUT2D eigenvalue weighted by atomic mass is 9.99. The van der Waals surface area contributed by atoms with Crippen LogP contribution in [0.3, 0.4) is 0 Å². The van der Waals surface area contributed by atoms with E-state index in [2.05, 4.69) is 66.9 Å². The molecule has 3 nitrogen and oxygen atoms in total. The van der Waals surface area contributed by atoms with Gasteiger partial charge in [0.05, 0.1) is 17.6 Å². The molecule has 0 amide bonds. The summed E-state index contributed by atoms with van der Waals surface area (Å²) in [4.78, 5) is 4.87. The van der Waals surface area contributed by atoms with E-state index in [1.165, 1.54) is 36.2 Å². The third-order valence-corrected chi connectivity index (χ3v) is 5.48. The molecule has 3 aromatic rings. The lowest BCUT2D eigenvalue weighted by Crippen LogP contribution is -2.07. The van der Waals surface area contributed by atoms with Gasteiger partial charge in [0.2, 0.25) is 0 Å². The lowest BCUT2D eigenvalue weighted by molar-refractivity contribution is 0.301. The Kier molecular flexibility index (Phi) is 4.96. The normalized spacial score (nSPS) is 15.3. The first-order chi connectivity index (χ1) is 12.8. The molecule has 1 aliphatic carbocycles. The molecular weight excluding hydrogens is 320 g/mol. The summed E-state index contributed by atoms with van der Waals surface area (Å²) in [7, 11) is 0. The van der Waals surface area contributed by atoms with Crippen molar-refractivity contribution in [1.29, 1.82) is 0 Å². The number of hydrogen-bond donors (Lipinski definition) is 0. The number of fused-ring (bicyclic) bond motifs is 1. The van der Waals surface area contributed by atoms with Gasteiger partial charge in [0, 0.05) is 12.5 Å². The number of hydrogen-bond acceptors (Lipinski definition) is 2. The molecule has 1 aromatic heterocycles. The van der Waals surface area contributed by atoms with Crippen molar-refractivity contribution < 1.29 is 4.74 Å². The van der Waals surface area contributed by atoms with E-state index in [9.17, 15) is 0 Å². The van der Waals surface area contributed by atoms with Crippen LogP contribution in [0.4, 0.5) is 0 Å². The van der Waals surface area contributed by atoms with Gasteiger partial charge < -0.3 is 9.30 Å². The zero-order chi connectivity index (χ0) is 17.9. The Labute approximate surface area is 156 Å². The van der Waals surface area contributed by atoms with Crippen LogP contribution in [0.15, 0.2) is 48.5 Å². The second-order valence-electron chi connectivity index (χ2n) is 7.46. The van der Waals surface area contributed by atoms with Gasteiger partial charge in [0.25, 0.3) is 0 Å². The lowest BCUT2D eigenvalue weighted by Gasteiger charge is -2.12. The van der Waals surface area contributed by atoms with Crippen molar-refractivity contribution in [2.75, 3.05) is 6.61 Å². The minimum absolute atomic E-state index is 0.611. The van der Waals surface area contributed by atoms with Gasteiger partial charge in [0.1, 0.15) is 11.6 Å². The van der Waals surface area contributed by atoms with Crippen LogP contribution in [0.5, 0.6) is 5.75 Å². The fourth-order valence-corrected chi connectivity index (χ4v) is 3.52. The molecule has 1 heterocycles. The van der Waals surface area contributed by atoms with Crippen molar-refractivity contribution >= 4 is 11.0 Å². The van der Waals surface area contributed by atoms with Crippen LogP contribution in [0, 0.1) is 0 Å². The molecule has 0 aliphatic heterocycles. The molecule has 0 radical (unpaired) electrons. The van der Waals surface area contributed by atoms with Crippen molar-refractivity contribution in [2.24, 2.45) is 0 Å². The summed E-state index contributed by atoms with van der Waals surface area (Å²) >= 11 is 0. The van der Waals surface area contributed by atoms with Crippen molar-refractivity contribution in [1.82, 2.24) is 9.55 Å². The van der Waals surface area contributed by atoms with E-state index < -0.39 is 0 Å². The Morgan fingerprint density at radius 3 is 2.62 bits per heavy atom. The number of ether oxygens (including phenoxy) is 1. The monoisotopic (exact) mass is 348 g/mol. The summed E-state index contributed by atoms with van der Waals surface area (Å²) in [5.74, 6) is 3.51. The van der Waals surface area contributed by atoms with Crippen LogP contribution < -0.4 is 4.74 Å². The summed E-state index contributed by atoms with van der Waals surface area (Å²) < 4.78 is 8.37. The third kappa shape index (κ3) is 3.62. The zero-order valence-electron chi connectivity index (χ0n) is 15.8. The molecule has 1 atom stereocenters. The average Bonchev–Trinajstić information content (AvgIpc) is 3.47. The molecular formula is C23H28N2O. The third-order valence-electron chi connectivity index (χ3n) is 5.48. The maximum absolute atomic E-state index is 5.97. The molecule has 0 N–H and O–H groups in total. The summed E-state index contributed by atoms with van der Waals surface area (Å²) in [5, 5.41) is 0. The number of nitrogens with zero attached hydrogens (tertiary/aromatic N) is 2. The van der Waals surface area contributed by atoms with Crippen molar-refractivity contribution in [2.45, 2.75) is 57.9 Å². The Hall–Kier alpha value is -2.29. The fourth-order valence-electron chi connectivity index (χ4n) is 3.52. The number of imidazole rings is 1. The molecule has 136 valence electrons. The molecule has 0 spiro atoms. The predicted octanol–water partition coefficient (Wildman–Crippen LogP) is 5.90. The van der Waals surface area contributed by atoms with Gasteiger partial charge in [-0.3, -0.25) is 0 Å². The van der Waals surface area contributed by atoms with E-state index >= 15 is 0 Å². The molecule has 1 saturated carbocycles. The summed E-state index contributed by atoms with van der Waals surface area (Å²) in [6, 6.07) is 17.1. The van der Waals surface area contributed by atoms with Crippen LogP contribution in [-0.4, -0.2) is 16.2 Å². The van der Waals surface area contributed by atoms with Crippen LogP contribution in [-0.2, 0) is 6.54 Å². The smallest absolute Gasteiger partial charge is 0.119 e. The summed E-state index contributed by atoms with van der Waals surface area (Å²) in [6.45, 7) is 6.20. The van der Waals surface area contributed by atoms with Crippen LogP contribution in [0.25, 0.3) is 11.0 Å². The van der Waals surface area contributed by atoms with E-state index in [0.717, 1.165) is 30.8 Å². The number of aryl methyl sites for hydroxylation is 1. The average molecular weight is 348 g/mol. The van der Waals surface area contributed by atoms with Gasteiger partial charge in [-0.15, -0.1) is 0 Å². The van der Waals surface area contributed by atoms with E-state index in [4.69, 9.17) is 9.72 Å². The Bertz CT molecular complexity index is 862.